The van der Waals surface area contributed by atoms with Crippen LogP contribution in [0.2, 0.25) is 0 Å². The number of rotatable bonds is 4. The lowest BCUT2D eigenvalue weighted by Crippen LogP contribution is -2.26. The minimum Gasteiger partial charge on any atom is -0.327 e. The van der Waals surface area contributed by atoms with Crippen LogP contribution in [0, 0.1) is 11.3 Å². The van der Waals surface area contributed by atoms with Gasteiger partial charge in [-0.2, -0.15) is 5.26 Å². The number of fused-ring (bicyclic) bond motifs is 3. The number of hydrogen-bond acceptors (Lipinski definition) is 4. The molecule has 7 heteroatoms. The molecule has 0 bridgehead atoms. The quantitative estimate of drug-likeness (QED) is 0.336. The Morgan fingerprint density at radius 3 is 2.62 bits per heavy atom. The standard InChI is InChI=1S/C30H21N5O2/c31-18-20-4-3-5-21(16-20)19-34-15-14-32-30(34)23-8-11-24(12-9-23)35-26-13-10-22-6-1-2-7-25(22)29(26)33-27(36)17-28(35)37/h1-16H,17,19H2,(H,33,36). The van der Waals surface area contributed by atoms with Crippen molar-refractivity contribution in [3.63, 3.8) is 0 Å². The zero-order chi connectivity index (χ0) is 25.4. The lowest BCUT2D eigenvalue weighted by Gasteiger charge is -2.23. The van der Waals surface area contributed by atoms with E-state index in [1.807, 2.05) is 89.6 Å². The van der Waals surface area contributed by atoms with E-state index in [0.717, 1.165) is 27.7 Å². The normalized spacial score (nSPS) is 13.1. The number of hydrogen-bond donors (Lipinski definition) is 1. The number of carbonyl (C=O) groups excluding carboxylic acids is 2. The molecule has 0 fully saturated rings. The fraction of sp³-hybridized carbons (Fsp3) is 0.0667. The van der Waals surface area contributed by atoms with Gasteiger partial charge in [-0.25, -0.2) is 4.98 Å². The molecular weight excluding hydrogens is 462 g/mol. The molecule has 0 saturated heterocycles. The molecule has 1 aliphatic rings. The van der Waals surface area contributed by atoms with Gasteiger partial charge in [0.25, 0.3) is 0 Å². The molecule has 6 rings (SSSR count). The summed E-state index contributed by atoms with van der Waals surface area (Å²) < 4.78 is 2.02. The minimum absolute atomic E-state index is 0.239. The second-order valence-corrected chi connectivity index (χ2v) is 8.87. The molecular formula is C30H21N5O2. The number of nitrogens with one attached hydrogen (secondary N) is 1. The first-order chi connectivity index (χ1) is 18.1. The van der Waals surface area contributed by atoms with Crippen LogP contribution in [-0.2, 0) is 16.1 Å². The molecule has 0 radical (unpaired) electrons. The second kappa shape index (κ2) is 9.10. The zero-order valence-corrected chi connectivity index (χ0v) is 19.8. The topological polar surface area (TPSA) is 91.0 Å². The molecule has 0 saturated carbocycles. The predicted molar refractivity (Wildman–Crippen MR) is 142 cm³/mol. The van der Waals surface area contributed by atoms with Crippen LogP contribution in [0.1, 0.15) is 17.5 Å². The van der Waals surface area contributed by atoms with Gasteiger partial charge in [0.05, 0.1) is 23.0 Å². The molecule has 0 aliphatic carbocycles. The Bertz CT molecular complexity index is 1710. The van der Waals surface area contributed by atoms with E-state index in [1.54, 1.807) is 17.2 Å². The molecule has 0 atom stereocenters. The van der Waals surface area contributed by atoms with Gasteiger partial charge in [0.15, 0.2) is 0 Å². The van der Waals surface area contributed by atoms with Crippen molar-refractivity contribution in [2.45, 2.75) is 13.0 Å². The molecule has 2 amide bonds. The van der Waals surface area contributed by atoms with Crippen molar-refractivity contribution in [1.82, 2.24) is 9.55 Å². The van der Waals surface area contributed by atoms with Crippen LogP contribution in [0.3, 0.4) is 0 Å². The van der Waals surface area contributed by atoms with Gasteiger partial charge in [0.2, 0.25) is 11.8 Å². The highest BCUT2D eigenvalue weighted by Gasteiger charge is 2.28. The molecule has 178 valence electrons. The summed E-state index contributed by atoms with van der Waals surface area (Å²) in [6.07, 6.45) is 3.41. The summed E-state index contributed by atoms with van der Waals surface area (Å²) in [7, 11) is 0. The van der Waals surface area contributed by atoms with E-state index in [9.17, 15) is 14.9 Å². The number of benzene rings is 4. The lowest BCUT2D eigenvalue weighted by molar-refractivity contribution is -0.124. The fourth-order valence-electron chi connectivity index (χ4n) is 4.79. The van der Waals surface area contributed by atoms with E-state index in [4.69, 9.17) is 0 Å². The summed E-state index contributed by atoms with van der Waals surface area (Å²) in [4.78, 5) is 31.8. The van der Waals surface area contributed by atoms with Crippen LogP contribution in [0.4, 0.5) is 17.1 Å². The van der Waals surface area contributed by atoms with E-state index in [-0.39, 0.29) is 18.2 Å². The molecule has 7 nitrogen and oxygen atoms in total. The Morgan fingerprint density at radius 1 is 0.946 bits per heavy atom. The Labute approximate surface area is 213 Å². The van der Waals surface area contributed by atoms with Crippen LogP contribution in [0.25, 0.3) is 22.2 Å². The van der Waals surface area contributed by atoms with E-state index in [1.165, 1.54) is 0 Å². The Balaban J connectivity index is 1.36. The zero-order valence-electron chi connectivity index (χ0n) is 19.8. The number of anilines is 3. The van der Waals surface area contributed by atoms with Crippen LogP contribution in [0.5, 0.6) is 0 Å². The Morgan fingerprint density at radius 2 is 1.78 bits per heavy atom. The van der Waals surface area contributed by atoms with Crippen molar-refractivity contribution in [3.8, 4) is 17.5 Å². The third kappa shape index (κ3) is 4.11. The van der Waals surface area contributed by atoms with Gasteiger partial charge in [-0.3, -0.25) is 14.5 Å². The van der Waals surface area contributed by atoms with Gasteiger partial charge in [0, 0.05) is 35.6 Å². The number of amides is 2. The summed E-state index contributed by atoms with van der Waals surface area (Å²) >= 11 is 0. The van der Waals surface area contributed by atoms with Crippen LogP contribution < -0.4 is 10.2 Å². The summed E-state index contributed by atoms with van der Waals surface area (Å²) in [5.74, 6) is 0.154. The van der Waals surface area contributed by atoms with Gasteiger partial charge < -0.3 is 9.88 Å². The molecule has 1 aromatic heterocycles. The summed E-state index contributed by atoms with van der Waals surface area (Å²) in [6.45, 7) is 0.575. The maximum Gasteiger partial charge on any atom is 0.241 e. The number of carbonyl (C=O) groups is 2. The first-order valence-electron chi connectivity index (χ1n) is 11.9. The van der Waals surface area contributed by atoms with Gasteiger partial charge in [0.1, 0.15) is 12.2 Å². The third-order valence-corrected chi connectivity index (χ3v) is 6.48. The van der Waals surface area contributed by atoms with Gasteiger partial charge in [-0.1, -0.05) is 42.5 Å². The number of nitrogens with zero attached hydrogens (tertiary/aromatic N) is 4. The molecule has 4 aromatic carbocycles. The monoisotopic (exact) mass is 483 g/mol. The first-order valence-corrected chi connectivity index (χ1v) is 11.9. The smallest absolute Gasteiger partial charge is 0.241 e. The van der Waals surface area contributed by atoms with E-state index in [0.29, 0.717) is 29.2 Å². The average Bonchev–Trinajstić information content (AvgIpc) is 3.33. The fourth-order valence-corrected chi connectivity index (χ4v) is 4.79. The number of nitriles is 1. The van der Waals surface area contributed by atoms with E-state index in [2.05, 4.69) is 16.4 Å². The molecule has 0 spiro atoms. The Kier molecular flexibility index (Phi) is 5.47. The summed E-state index contributed by atoms with van der Waals surface area (Å²) in [5.41, 5.74) is 4.45. The van der Waals surface area contributed by atoms with Crippen molar-refractivity contribution in [1.29, 1.82) is 5.26 Å². The highest BCUT2D eigenvalue weighted by molar-refractivity contribution is 6.21. The Hall–Kier alpha value is -5.22. The van der Waals surface area contributed by atoms with Crippen molar-refractivity contribution in [2.75, 3.05) is 10.2 Å². The van der Waals surface area contributed by atoms with Gasteiger partial charge in [-0.15, -0.1) is 0 Å². The summed E-state index contributed by atoms with van der Waals surface area (Å²) in [5, 5.41) is 14.0. The number of aromatic nitrogens is 2. The SMILES string of the molecule is N#Cc1cccc(Cn2ccnc2-c2ccc(N3C(=O)CC(=O)Nc4c3ccc3ccccc43)cc2)c1. The average molecular weight is 484 g/mol. The van der Waals surface area contributed by atoms with Crippen molar-refractivity contribution in [3.05, 3.63) is 108 Å². The van der Waals surface area contributed by atoms with E-state index >= 15 is 0 Å². The maximum atomic E-state index is 13.2. The molecule has 0 unspecified atom stereocenters. The molecule has 1 aliphatic heterocycles. The van der Waals surface area contributed by atoms with Gasteiger partial charge >= 0.3 is 0 Å². The van der Waals surface area contributed by atoms with Crippen LogP contribution in [0.15, 0.2) is 97.3 Å². The predicted octanol–water partition coefficient (Wildman–Crippen LogP) is 5.63. The molecule has 2 heterocycles. The molecule has 1 N–H and O–H groups in total. The maximum absolute atomic E-state index is 13.2. The highest BCUT2D eigenvalue weighted by atomic mass is 16.2. The van der Waals surface area contributed by atoms with Crippen molar-refractivity contribution in [2.24, 2.45) is 0 Å². The lowest BCUT2D eigenvalue weighted by atomic mass is 10.1. The van der Waals surface area contributed by atoms with Crippen molar-refractivity contribution >= 4 is 39.6 Å². The van der Waals surface area contributed by atoms with Crippen LogP contribution in [-0.4, -0.2) is 21.4 Å². The third-order valence-electron chi connectivity index (χ3n) is 6.48. The van der Waals surface area contributed by atoms with Gasteiger partial charge in [-0.05, 0) is 53.4 Å². The number of imidazole rings is 1. The van der Waals surface area contributed by atoms with E-state index < -0.39 is 0 Å². The molecule has 5 aromatic rings. The van der Waals surface area contributed by atoms with Crippen LogP contribution >= 0.6 is 0 Å². The highest BCUT2D eigenvalue weighted by Crippen LogP contribution is 2.40. The second-order valence-electron chi connectivity index (χ2n) is 8.87. The van der Waals surface area contributed by atoms with Crippen molar-refractivity contribution < 1.29 is 9.59 Å². The molecule has 37 heavy (non-hydrogen) atoms. The minimum atomic E-state index is -0.329. The first kappa shape index (κ1) is 22.3. The summed E-state index contributed by atoms with van der Waals surface area (Å²) in [6, 6.07) is 28.9. The largest absolute Gasteiger partial charge is 0.327 e.